The van der Waals surface area contributed by atoms with Gasteiger partial charge in [0.2, 0.25) is 0 Å². The molecule has 124 valence electrons. The summed E-state index contributed by atoms with van der Waals surface area (Å²) in [6.07, 6.45) is 0. The molecular weight excluding hydrogens is 290 g/mol. The van der Waals surface area contributed by atoms with Gasteiger partial charge in [-0.3, -0.25) is 0 Å². The maximum Gasteiger partial charge on any atom is 0.0569 e. The molecule has 0 saturated heterocycles. The Morgan fingerprint density at radius 1 is 0.792 bits per heavy atom. The van der Waals surface area contributed by atoms with E-state index in [1.807, 2.05) is 26.0 Å². The van der Waals surface area contributed by atoms with E-state index in [1.54, 1.807) is 0 Å². The molecule has 0 aromatic heterocycles. The first-order chi connectivity index (χ1) is 11.2. The molecule has 0 unspecified atom stereocenters. The lowest BCUT2D eigenvalue weighted by molar-refractivity contribution is 0.476. The number of hydrogen-bond acceptors (Lipinski definition) is 1. The number of nitrogens with one attached hydrogen (secondary N) is 1. The zero-order chi connectivity index (χ0) is 17.9. The Balaban J connectivity index is 2.27. The van der Waals surface area contributed by atoms with Gasteiger partial charge in [-0.2, -0.15) is 0 Å². The Labute approximate surface area is 146 Å². The minimum atomic E-state index is -0.229. The summed E-state index contributed by atoms with van der Waals surface area (Å²) in [4.78, 5) is 0. The Morgan fingerprint density at radius 3 is 1.83 bits per heavy atom. The minimum Gasteiger partial charge on any atom is -0.376 e. The second kappa shape index (κ2) is 6.92. The van der Waals surface area contributed by atoms with Crippen LogP contribution in [0.4, 0.5) is 0 Å². The van der Waals surface area contributed by atoms with Gasteiger partial charge in [0.1, 0.15) is 0 Å². The van der Waals surface area contributed by atoms with E-state index in [0.29, 0.717) is 0 Å². The smallest absolute Gasteiger partial charge is 0.0569 e. The SMILES string of the molecule is C=C(C)c1ccc(C(C)(C)NC(=C)c2ccccc2C(=C)C)cc1. The van der Waals surface area contributed by atoms with Gasteiger partial charge in [-0.05, 0) is 44.4 Å². The lowest BCUT2D eigenvalue weighted by Crippen LogP contribution is -2.35. The van der Waals surface area contributed by atoms with Crippen molar-refractivity contribution in [1.82, 2.24) is 5.32 Å². The molecule has 0 radical (unpaired) electrons. The van der Waals surface area contributed by atoms with Crippen LogP contribution in [-0.2, 0) is 5.54 Å². The van der Waals surface area contributed by atoms with Crippen LogP contribution in [-0.4, -0.2) is 0 Å². The average molecular weight is 317 g/mol. The normalized spacial score (nSPS) is 11.0. The molecule has 0 fully saturated rings. The molecule has 0 atom stereocenters. The molecule has 0 amide bonds. The van der Waals surface area contributed by atoms with Crippen molar-refractivity contribution >= 4 is 16.8 Å². The van der Waals surface area contributed by atoms with Gasteiger partial charge in [0.25, 0.3) is 0 Å². The lowest BCUT2D eigenvalue weighted by Gasteiger charge is -2.30. The summed E-state index contributed by atoms with van der Waals surface area (Å²) < 4.78 is 0. The first-order valence-corrected chi connectivity index (χ1v) is 8.21. The number of hydrogen-bond donors (Lipinski definition) is 1. The van der Waals surface area contributed by atoms with Crippen molar-refractivity contribution in [3.05, 3.63) is 90.5 Å². The van der Waals surface area contributed by atoms with E-state index in [0.717, 1.165) is 28.0 Å². The van der Waals surface area contributed by atoms with E-state index in [4.69, 9.17) is 0 Å². The summed E-state index contributed by atoms with van der Waals surface area (Å²) in [6, 6.07) is 16.8. The van der Waals surface area contributed by atoms with Gasteiger partial charge in [0.05, 0.1) is 5.54 Å². The quantitative estimate of drug-likeness (QED) is 0.664. The third-order valence-electron chi connectivity index (χ3n) is 4.27. The first-order valence-electron chi connectivity index (χ1n) is 8.21. The van der Waals surface area contributed by atoms with E-state index in [-0.39, 0.29) is 5.54 Å². The summed E-state index contributed by atoms with van der Waals surface area (Å²) in [6.45, 7) is 20.7. The third kappa shape index (κ3) is 3.86. The molecule has 0 bridgehead atoms. The average Bonchev–Trinajstić information content (AvgIpc) is 2.54. The molecule has 1 heteroatoms. The molecule has 0 aliphatic heterocycles. The van der Waals surface area contributed by atoms with E-state index in [2.05, 4.69) is 75.3 Å². The monoisotopic (exact) mass is 317 g/mol. The molecule has 0 aliphatic rings. The van der Waals surface area contributed by atoms with Crippen molar-refractivity contribution in [2.24, 2.45) is 0 Å². The molecule has 0 heterocycles. The number of rotatable bonds is 6. The van der Waals surface area contributed by atoms with Crippen molar-refractivity contribution in [2.45, 2.75) is 33.2 Å². The van der Waals surface area contributed by atoms with Crippen LogP contribution in [0.25, 0.3) is 16.8 Å². The molecule has 24 heavy (non-hydrogen) atoms. The van der Waals surface area contributed by atoms with Gasteiger partial charge in [-0.15, -0.1) is 0 Å². The summed E-state index contributed by atoms with van der Waals surface area (Å²) in [7, 11) is 0. The van der Waals surface area contributed by atoms with Gasteiger partial charge in [-0.25, -0.2) is 0 Å². The fourth-order valence-corrected chi connectivity index (χ4v) is 2.81. The molecule has 0 aliphatic carbocycles. The number of benzene rings is 2. The predicted molar refractivity (Wildman–Crippen MR) is 107 cm³/mol. The van der Waals surface area contributed by atoms with E-state index in [1.165, 1.54) is 11.1 Å². The fourth-order valence-electron chi connectivity index (χ4n) is 2.81. The molecule has 2 aromatic carbocycles. The molecule has 0 spiro atoms. The Bertz CT molecular complexity index is 776. The van der Waals surface area contributed by atoms with Gasteiger partial charge >= 0.3 is 0 Å². The molecule has 1 nitrogen and oxygen atoms in total. The summed E-state index contributed by atoms with van der Waals surface area (Å²) in [5.41, 5.74) is 7.39. The Kier molecular flexibility index (Phi) is 5.14. The highest BCUT2D eigenvalue weighted by atomic mass is 15.0. The summed E-state index contributed by atoms with van der Waals surface area (Å²) in [5, 5.41) is 3.57. The zero-order valence-electron chi connectivity index (χ0n) is 15.2. The molecule has 2 aromatic rings. The first kappa shape index (κ1) is 17.8. The van der Waals surface area contributed by atoms with Crippen LogP contribution in [0, 0.1) is 0 Å². The van der Waals surface area contributed by atoms with Crippen LogP contribution in [0.5, 0.6) is 0 Å². The lowest BCUT2D eigenvalue weighted by atomic mass is 9.91. The minimum absolute atomic E-state index is 0.229. The highest BCUT2D eigenvalue weighted by molar-refractivity contribution is 5.77. The molecule has 0 saturated carbocycles. The molecule has 1 N–H and O–H groups in total. The van der Waals surface area contributed by atoms with Crippen LogP contribution in [0.2, 0.25) is 0 Å². The van der Waals surface area contributed by atoms with Crippen molar-refractivity contribution < 1.29 is 0 Å². The van der Waals surface area contributed by atoms with Crippen LogP contribution in [0.15, 0.2) is 68.3 Å². The second-order valence-electron chi connectivity index (χ2n) is 6.91. The van der Waals surface area contributed by atoms with Crippen molar-refractivity contribution in [2.75, 3.05) is 0 Å². The number of allylic oxidation sites excluding steroid dienone is 2. The maximum atomic E-state index is 4.26. The molecule has 2 rings (SSSR count). The maximum absolute atomic E-state index is 4.26. The van der Waals surface area contributed by atoms with Gasteiger partial charge < -0.3 is 5.32 Å². The van der Waals surface area contributed by atoms with Crippen molar-refractivity contribution in [3.63, 3.8) is 0 Å². The van der Waals surface area contributed by atoms with Crippen molar-refractivity contribution in [3.8, 4) is 0 Å². The van der Waals surface area contributed by atoms with Crippen LogP contribution in [0.1, 0.15) is 49.9 Å². The molecular formula is C23H27N. The zero-order valence-corrected chi connectivity index (χ0v) is 15.2. The second-order valence-corrected chi connectivity index (χ2v) is 6.91. The summed E-state index contributed by atoms with van der Waals surface area (Å²) >= 11 is 0. The predicted octanol–water partition coefficient (Wildman–Crippen LogP) is 6.25. The third-order valence-corrected chi connectivity index (χ3v) is 4.27. The van der Waals surface area contributed by atoms with Gasteiger partial charge in [0, 0.05) is 11.3 Å². The topological polar surface area (TPSA) is 12.0 Å². The van der Waals surface area contributed by atoms with E-state index < -0.39 is 0 Å². The van der Waals surface area contributed by atoms with Gasteiger partial charge in [-0.1, -0.05) is 79.4 Å². The Hall–Kier alpha value is -2.54. The highest BCUT2D eigenvalue weighted by Gasteiger charge is 2.21. The highest BCUT2D eigenvalue weighted by Crippen LogP contribution is 2.28. The summed E-state index contributed by atoms with van der Waals surface area (Å²) in [5.74, 6) is 0. The largest absolute Gasteiger partial charge is 0.376 e. The van der Waals surface area contributed by atoms with Crippen LogP contribution >= 0.6 is 0 Å². The van der Waals surface area contributed by atoms with E-state index >= 15 is 0 Å². The van der Waals surface area contributed by atoms with E-state index in [9.17, 15) is 0 Å². The van der Waals surface area contributed by atoms with Crippen LogP contribution < -0.4 is 5.32 Å². The fraction of sp³-hybridized carbons (Fsp3) is 0.217. The Morgan fingerprint density at radius 2 is 1.33 bits per heavy atom. The van der Waals surface area contributed by atoms with Crippen molar-refractivity contribution in [1.29, 1.82) is 0 Å². The standard InChI is InChI=1S/C23H27N/c1-16(2)19-12-14-20(15-13-19)23(6,7)24-18(5)22-11-9-8-10-21(22)17(3)4/h8-15,24H,1,3,5H2,2,4,6-7H3. The van der Waals surface area contributed by atoms with Crippen LogP contribution in [0.3, 0.4) is 0 Å². The van der Waals surface area contributed by atoms with Gasteiger partial charge in [0.15, 0.2) is 0 Å².